The largest absolute Gasteiger partial charge is 0.294 e. The highest BCUT2D eigenvalue weighted by Gasteiger charge is 2.41. The number of hydrogen-bond donors (Lipinski definition) is 0. The fraction of sp³-hybridized carbons (Fsp3) is 0.312. The Labute approximate surface area is 112 Å². The van der Waals surface area contributed by atoms with Crippen LogP contribution < -0.4 is 4.57 Å². The van der Waals surface area contributed by atoms with Crippen molar-refractivity contribution < 1.29 is 9.36 Å². The van der Waals surface area contributed by atoms with Crippen LogP contribution in [0, 0.1) is 0 Å². The van der Waals surface area contributed by atoms with Crippen LogP contribution in [0.2, 0.25) is 0 Å². The Morgan fingerprint density at radius 2 is 1.89 bits per heavy atom. The number of aromatic nitrogens is 2. The fourth-order valence-corrected chi connectivity index (χ4v) is 2.80. The molecule has 0 fully saturated rings. The molecule has 1 heterocycles. The number of nitrogens with zero attached hydrogens (tertiary/aromatic N) is 2. The molecule has 1 aliphatic carbocycles. The number of carbonyl (C=O) groups excluding carboxylic acids is 1. The van der Waals surface area contributed by atoms with Crippen LogP contribution in [0.1, 0.15) is 32.2 Å². The van der Waals surface area contributed by atoms with E-state index in [4.69, 9.17) is 4.98 Å². The first-order chi connectivity index (χ1) is 8.93. The summed E-state index contributed by atoms with van der Waals surface area (Å²) in [6.07, 6.45) is 1.95. The first-order valence-corrected chi connectivity index (χ1v) is 6.45. The van der Waals surface area contributed by atoms with Gasteiger partial charge in [-0.2, -0.15) is 4.57 Å². The molecule has 3 rings (SSSR count). The molecule has 1 aromatic heterocycles. The molecule has 1 aliphatic rings. The summed E-state index contributed by atoms with van der Waals surface area (Å²) >= 11 is 0. The van der Waals surface area contributed by atoms with E-state index in [9.17, 15) is 4.79 Å². The van der Waals surface area contributed by atoms with E-state index in [1.54, 1.807) is 0 Å². The van der Waals surface area contributed by atoms with Crippen molar-refractivity contribution in [1.82, 2.24) is 4.98 Å². The lowest BCUT2D eigenvalue weighted by Crippen LogP contribution is -2.43. The SMILES string of the molecule is CC1=Cc2c(nc3ccccc3[n+]2C)C(C)(C)C1=O. The number of carbonyl (C=O) groups is 1. The van der Waals surface area contributed by atoms with Crippen molar-refractivity contribution in [3.63, 3.8) is 0 Å². The predicted octanol–water partition coefficient (Wildman–Crippen LogP) is 2.32. The second-order valence-corrected chi connectivity index (χ2v) is 5.67. The monoisotopic (exact) mass is 253 g/mol. The van der Waals surface area contributed by atoms with E-state index in [2.05, 4.69) is 10.6 Å². The zero-order valence-electron chi connectivity index (χ0n) is 11.7. The molecule has 19 heavy (non-hydrogen) atoms. The van der Waals surface area contributed by atoms with Crippen molar-refractivity contribution in [2.24, 2.45) is 7.05 Å². The highest BCUT2D eigenvalue weighted by Crippen LogP contribution is 2.33. The van der Waals surface area contributed by atoms with Crippen LogP contribution >= 0.6 is 0 Å². The molecule has 0 amide bonds. The number of Topliss-reactive ketones (excluding diaryl/α,β-unsaturated/α-hetero) is 1. The van der Waals surface area contributed by atoms with Gasteiger partial charge in [-0.25, -0.2) is 4.98 Å². The molecular formula is C16H17N2O+. The minimum Gasteiger partial charge on any atom is -0.294 e. The number of allylic oxidation sites excluding steroid dienone is 1. The molecule has 0 saturated heterocycles. The normalized spacial score (nSPS) is 17.3. The molecule has 0 radical (unpaired) electrons. The number of para-hydroxylation sites is 2. The molecule has 3 nitrogen and oxygen atoms in total. The van der Waals surface area contributed by atoms with E-state index >= 15 is 0 Å². The smallest absolute Gasteiger partial charge is 0.231 e. The quantitative estimate of drug-likeness (QED) is 0.675. The summed E-state index contributed by atoms with van der Waals surface area (Å²) in [4.78, 5) is 17.1. The minimum atomic E-state index is -0.560. The Bertz CT molecular complexity index is 742. The van der Waals surface area contributed by atoms with Crippen LogP contribution in [-0.2, 0) is 17.3 Å². The molecule has 1 aromatic carbocycles. The second kappa shape index (κ2) is 3.73. The Hall–Kier alpha value is -2.03. The van der Waals surface area contributed by atoms with Gasteiger partial charge >= 0.3 is 0 Å². The van der Waals surface area contributed by atoms with Gasteiger partial charge in [0.05, 0.1) is 5.41 Å². The molecule has 0 unspecified atom stereocenters. The van der Waals surface area contributed by atoms with Gasteiger partial charge < -0.3 is 0 Å². The van der Waals surface area contributed by atoms with Crippen molar-refractivity contribution >= 4 is 22.9 Å². The van der Waals surface area contributed by atoms with Gasteiger partial charge in [0.1, 0.15) is 18.3 Å². The van der Waals surface area contributed by atoms with Crippen molar-refractivity contribution in [2.45, 2.75) is 26.2 Å². The van der Waals surface area contributed by atoms with Gasteiger partial charge in [-0.1, -0.05) is 12.1 Å². The average Bonchev–Trinajstić information content (AvgIpc) is 2.39. The van der Waals surface area contributed by atoms with Gasteiger partial charge in [-0.3, -0.25) is 4.79 Å². The maximum Gasteiger partial charge on any atom is 0.231 e. The van der Waals surface area contributed by atoms with E-state index in [0.717, 1.165) is 28.0 Å². The minimum absolute atomic E-state index is 0.155. The maximum atomic E-state index is 12.3. The molecular weight excluding hydrogens is 236 g/mol. The highest BCUT2D eigenvalue weighted by molar-refractivity contribution is 6.08. The third kappa shape index (κ3) is 1.54. The summed E-state index contributed by atoms with van der Waals surface area (Å²) in [5.74, 6) is 0.155. The molecule has 0 saturated carbocycles. The first-order valence-electron chi connectivity index (χ1n) is 6.45. The van der Waals surface area contributed by atoms with Crippen LogP contribution in [0.5, 0.6) is 0 Å². The topological polar surface area (TPSA) is 33.8 Å². The summed E-state index contributed by atoms with van der Waals surface area (Å²) in [6.45, 7) is 5.78. The number of aryl methyl sites for hydroxylation is 1. The zero-order chi connectivity index (χ0) is 13.8. The van der Waals surface area contributed by atoms with E-state index in [1.807, 2.05) is 52.1 Å². The van der Waals surface area contributed by atoms with Crippen molar-refractivity contribution in [3.05, 3.63) is 41.2 Å². The van der Waals surface area contributed by atoms with Gasteiger partial charge in [0, 0.05) is 12.1 Å². The summed E-state index contributed by atoms with van der Waals surface area (Å²) in [7, 11) is 2.03. The zero-order valence-corrected chi connectivity index (χ0v) is 11.7. The Kier molecular flexibility index (Phi) is 2.36. The Balaban J connectivity index is 2.47. The molecule has 0 aliphatic heterocycles. The first kappa shape index (κ1) is 12.0. The Morgan fingerprint density at radius 1 is 1.21 bits per heavy atom. The summed E-state index contributed by atoms with van der Waals surface area (Å²) in [5.41, 5.74) is 4.14. The van der Waals surface area contributed by atoms with Gasteiger partial charge in [-0.05, 0) is 32.4 Å². The van der Waals surface area contributed by atoms with Crippen LogP contribution in [0.3, 0.4) is 0 Å². The second-order valence-electron chi connectivity index (χ2n) is 5.67. The Morgan fingerprint density at radius 3 is 2.63 bits per heavy atom. The number of ketones is 1. The fourth-order valence-electron chi connectivity index (χ4n) is 2.80. The number of hydrogen-bond acceptors (Lipinski definition) is 2. The van der Waals surface area contributed by atoms with Crippen LogP contribution in [-0.4, -0.2) is 10.8 Å². The lowest BCUT2D eigenvalue weighted by Gasteiger charge is -2.26. The molecule has 2 aromatic rings. The van der Waals surface area contributed by atoms with Crippen LogP contribution in [0.4, 0.5) is 0 Å². The third-order valence-corrected chi connectivity index (χ3v) is 3.95. The van der Waals surface area contributed by atoms with Gasteiger partial charge in [0.15, 0.2) is 5.78 Å². The van der Waals surface area contributed by atoms with E-state index in [-0.39, 0.29) is 5.78 Å². The van der Waals surface area contributed by atoms with Gasteiger partial charge in [0.2, 0.25) is 11.2 Å². The average molecular weight is 253 g/mol. The summed E-state index contributed by atoms with van der Waals surface area (Å²) in [5, 5.41) is 0. The highest BCUT2D eigenvalue weighted by atomic mass is 16.1. The van der Waals surface area contributed by atoms with Crippen LogP contribution in [0.25, 0.3) is 17.1 Å². The van der Waals surface area contributed by atoms with Crippen molar-refractivity contribution in [3.8, 4) is 0 Å². The lowest BCUT2D eigenvalue weighted by atomic mass is 9.76. The molecule has 0 spiro atoms. The van der Waals surface area contributed by atoms with E-state index < -0.39 is 5.41 Å². The van der Waals surface area contributed by atoms with Crippen molar-refractivity contribution in [1.29, 1.82) is 0 Å². The van der Waals surface area contributed by atoms with Crippen molar-refractivity contribution in [2.75, 3.05) is 0 Å². The van der Waals surface area contributed by atoms with E-state index in [1.165, 1.54) is 0 Å². The van der Waals surface area contributed by atoms with E-state index in [0.29, 0.717) is 0 Å². The molecule has 3 heteroatoms. The third-order valence-electron chi connectivity index (χ3n) is 3.95. The van der Waals surface area contributed by atoms with Gasteiger partial charge in [0.25, 0.3) is 0 Å². The number of benzene rings is 1. The molecule has 0 N–H and O–H groups in total. The van der Waals surface area contributed by atoms with Gasteiger partial charge in [-0.15, -0.1) is 0 Å². The molecule has 0 bridgehead atoms. The number of rotatable bonds is 0. The lowest BCUT2D eigenvalue weighted by molar-refractivity contribution is -0.647. The predicted molar refractivity (Wildman–Crippen MR) is 74.6 cm³/mol. The molecule has 0 atom stereocenters. The summed E-state index contributed by atoms with van der Waals surface area (Å²) < 4.78 is 2.12. The van der Waals surface area contributed by atoms with Crippen LogP contribution in [0.15, 0.2) is 29.8 Å². The molecule has 96 valence electrons. The number of fused-ring (bicyclic) bond motifs is 2. The maximum absolute atomic E-state index is 12.3. The summed E-state index contributed by atoms with van der Waals surface area (Å²) in [6, 6.07) is 8.02. The standard InChI is InChI=1S/C16H17N2O/c1-10-9-13-14(16(2,3)15(10)19)17-11-7-5-6-8-12(11)18(13)4/h5-9H,1-4H3/q+1.